The number of aliphatic hydroxyl groups excluding tert-OH is 1. The summed E-state index contributed by atoms with van der Waals surface area (Å²) in [5.41, 5.74) is 1.94. The first-order valence-corrected chi connectivity index (χ1v) is 12.8. The number of aryl methyl sites for hydroxylation is 1. The topological polar surface area (TPSA) is 85.3 Å². The number of likely N-dealkylation sites (tertiary alicyclic amines) is 1. The number of hydrogen-bond acceptors (Lipinski definition) is 6. The predicted molar refractivity (Wildman–Crippen MR) is 145 cm³/mol. The number of methoxy groups -OCH3 is 1. The number of nitrogens with zero attached hydrogens (tertiary/aromatic N) is 1. The minimum atomic E-state index is -0.801. The highest BCUT2D eigenvalue weighted by Crippen LogP contribution is 2.41. The third kappa shape index (κ3) is 5.89. The number of Topliss-reactive ketones (excluding diaryl/α,β-unsaturated/α-hetero) is 1. The molecule has 0 bridgehead atoms. The summed E-state index contributed by atoms with van der Waals surface area (Å²) >= 11 is 0. The second-order valence-electron chi connectivity index (χ2n) is 9.16. The molecule has 1 fully saturated rings. The van der Waals surface area contributed by atoms with Gasteiger partial charge in [-0.15, -0.1) is 0 Å². The van der Waals surface area contributed by atoms with Crippen molar-refractivity contribution in [2.24, 2.45) is 0 Å². The average Bonchev–Trinajstić information content (AvgIpc) is 3.18. The predicted octanol–water partition coefficient (Wildman–Crippen LogP) is 6.03. The summed E-state index contributed by atoms with van der Waals surface area (Å²) in [4.78, 5) is 27.8. The van der Waals surface area contributed by atoms with Crippen molar-refractivity contribution in [1.29, 1.82) is 0 Å². The molecule has 7 heteroatoms. The Bertz CT molecular complexity index is 1320. The number of unbranched alkanes of at least 4 members (excludes halogenated alkanes) is 1. The Morgan fingerprint density at radius 3 is 2.42 bits per heavy atom. The van der Waals surface area contributed by atoms with Crippen LogP contribution in [0.4, 0.5) is 0 Å². The molecule has 4 rings (SSSR count). The maximum Gasteiger partial charge on any atom is 0.295 e. The summed E-state index contributed by atoms with van der Waals surface area (Å²) in [5, 5.41) is 11.4. The van der Waals surface area contributed by atoms with E-state index < -0.39 is 17.7 Å². The lowest BCUT2D eigenvalue weighted by atomic mass is 9.94. The monoisotopic (exact) mass is 515 g/mol. The van der Waals surface area contributed by atoms with Gasteiger partial charge in [-0.2, -0.15) is 0 Å². The summed E-state index contributed by atoms with van der Waals surface area (Å²) in [6, 6.07) is 21.0. The summed E-state index contributed by atoms with van der Waals surface area (Å²) < 4.78 is 17.0. The third-order valence-corrected chi connectivity index (χ3v) is 6.43. The van der Waals surface area contributed by atoms with Crippen LogP contribution in [0.25, 0.3) is 5.76 Å². The zero-order valence-electron chi connectivity index (χ0n) is 22.0. The Labute approximate surface area is 223 Å². The van der Waals surface area contributed by atoms with E-state index in [-0.39, 0.29) is 24.5 Å². The minimum absolute atomic E-state index is 0.0296. The molecule has 1 amide bonds. The Hall–Kier alpha value is -4.10. The van der Waals surface area contributed by atoms with Crippen molar-refractivity contribution in [2.75, 3.05) is 26.9 Å². The standard InChI is InChI=1S/C31H33NO6/c1-4-5-17-37-26-15-14-23(19-21(26)2)29(33)27-28(32(16-18-36-3)31(35)30(27)34)22-10-9-13-25(20-22)38-24-11-7-6-8-12-24/h6-15,19-20,28,33H,4-5,16-18H2,1-3H3. The van der Waals surface area contributed by atoms with Crippen LogP contribution in [-0.4, -0.2) is 48.6 Å². The lowest BCUT2D eigenvalue weighted by Crippen LogP contribution is -2.32. The Morgan fingerprint density at radius 1 is 0.947 bits per heavy atom. The van der Waals surface area contributed by atoms with Crippen LogP contribution in [0.5, 0.6) is 17.2 Å². The van der Waals surface area contributed by atoms with Crippen molar-refractivity contribution in [3.05, 3.63) is 95.1 Å². The molecular weight excluding hydrogens is 482 g/mol. The molecule has 0 aliphatic carbocycles. The molecule has 7 nitrogen and oxygen atoms in total. The molecule has 1 N–H and O–H groups in total. The van der Waals surface area contributed by atoms with Gasteiger partial charge in [0.25, 0.3) is 11.7 Å². The summed E-state index contributed by atoms with van der Waals surface area (Å²) in [6.07, 6.45) is 1.97. The number of aliphatic hydroxyl groups is 1. The molecule has 1 heterocycles. The van der Waals surface area contributed by atoms with Crippen LogP contribution < -0.4 is 9.47 Å². The second-order valence-corrected chi connectivity index (χ2v) is 9.16. The van der Waals surface area contributed by atoms with Gasteiger partial charge in [0.05, 0.1) is 24.8 Å². The van der Waals surface area contributed by atoms with Gasteiger partial charge in [0.15, 0.2) is 0 Å². The highest BCUT2D eigenvalue weighted by atomic mass is 16.5. The van der Waals surface area contributed by atoms with Crippen molar-refractivity contribution < 1.29 is 28.9 Å². The van der Waals surface area contributed by atoms with Crippen molar-refractivity contribution >= 4 is 17.4 Å². The molecule has 0 spiro atoms. The van der Waals surface area contributed by atoms with Crippen LogP contribution in [0.2, 0.25) is 0 Å². The number of ether oxygens (including phenoxy) is 3. The first-order valence-electron chi connectivity index (χ1n) is 12.8. The van der Waals surface area contributed by atoms with Crippen molar-refractivity contribution in [3.63, 3.8) is 0 Å². The highest BCUT2D eigenvalue weighted by molar-refractivity contribution is 6.46. The SMILES string of the molecule is CCCCOc1ccc(C(O)=C2C(=O)C(=O)N(CCOC)C2c2cccc(Oc3ccccc3)c2)cc1C. The summed E-state index contributed by atoms with van der Waals surface area (Å²) in [6.45, 7) is 5.02. The number of carbonyl (C=O) groups excluding carboxylic acids is 2. The van der Waals surface area contributed by atoms with Gasteiger partial charge >= 0.3 is 0 Å². The van der Waals surface area contributed by atoms with E-state index in [4.69, 9.17) is 14.2 Å². The van der Waals surface area contributed by atoms with E-state index in [0.717, 1.165) is 24.2 Å². The van der Waals surface area contributed by atoms with Gasteiger partial charge in [-0.1, -0.05) is 43.7 Å². The average molecular weight is 516 g/mol. The number of benzene rings is 3. The van der Waals surface area contributed by atoms with Gasteiger partial charge in [-0.05, 0) is 66.9 Å². The first-order chi connectivity index (χ1) is 18.4. The molecule has 198 valence electrons. The van der Waals surface area contributed by atoms with Crippen LogP contribution in [0, 0.1) is 6.92 Å². The normalized spacial score (nSPS) is 16.6. The molecule has 1 aliphatic heterocycles. The van der Waals surface area contributed by atoms with E-state index in [0.29, 0.717) is 29.2 Å². The number of rotatable bonds is 11. The Kier molecular flexibility index (Phi) is 8.81. The van der Waals surface area contributed by atoms with E-state index >= 15 is 0 Å². The highest BCUT2D eigenvalue weighted by Gasteiger charge is 2.46. The van der Waals surface area contributed by atoms with Crippen molar-refractivity contribution in [1.82, 2.24) is 4.90 Å². The number of amides is 1. The zero-order chi connectivity index (χ0) is 27.1. The molecule has 1 unspecified atom stereocenters. The van der Waals surface area contributed by atoms with Crippen LogP contribution in [0.15, 0.2) is 78.4 Å². The van der Waals surface area contributed by atoms with Gasteiger partial charge < -0.3 is 24.2 Å². The molecule has 38 heavy (non-hydrogen) atoms. The molecule has 3 aromatic rings. The smallest absolute Gasteiger partial charge is 0.295 e. The largest absolute Gasteiger partial charge is 0.507 e. The fraction of sp³-hybridized carbons (Fsp3) is 0.290. The summed E-state index contributed by atoms with van der Waals surface area (Å²) in [5.74, 6) is 0.284. The fourth-order valence-electron chi connectivity index (χ4n) is 4.46. The number of hydrogen-bond donors (Lipinski definition) is 1. The van der Waals surface area contributed by atoms with E-state index in [1.807, 2.05) is 43.3 Å². The molecule has 1 aliphatic rings. The van der Waals surface area contributed by atoms with Crippen LogP contribution in [0.3, 0.4) is 0 Å². The van der Waals surface area contributed by atoms with Crippen LogP contribution >= 0.6 is 0 Å². The first kappa shape index (κ1) is 26.9. The van der Waals surface area contributed by atoms with Gasteiger partial charge in [0.2, 0.25) is 0 Å². The molecule has 1 saturated heterocycles. The lowest BCUT2D eigenvalue weighted by molar-refractivity contribution is -0.140. The third-order valence-electron chi connectivity index (χ3n) is 6.43. The Morgan fingerprint density at radius 2 is 1.71 bits per heavy atom. The second kappa shape index (κ2) is 12.4. The maximum absolute atomic E-state index is 13.3. The molecule has 3 aromatic carbocycles. The number of para-hydroxylation sites is 1. The van der Waals surface area contributed by atoms with Gasteiger partial charge in [-0.3, -0.25) is 9.59 Å². The number of ketones is 1. The molecule has 0 aromatic heterocycles. The lowest BCUT2D eigenvalue weighted by Gasteiger charge is -2.25. The number of carbonyl (C=O) groups is 2. The quantitative estimate of drug-likeness (QED) is 0.145. The Balaban J connectivity index is 1.74. The molecule has 1 atom stereocenters. The molecule has 0 radical (unpaired) electrons. The van der Waals surface area contributed by atoms with Crippen LogP contribution in [0.1, 0.15) is 42.5 Å². The minimum Gasteiger partial charge on any atom is -0.507 e. The van der Waals surface area contributed by atoms with E-state index in [2.05, 4.69) is 6.92 Å². The van der Waals surface area contributed by atoms with E-state index in [9.17, 15) is 14.7 Å². The van der Waals surface area contributed by atoms with Crippen LogP contribution in [-0.2, 0) is 14.3 Å². The fourth-order valence-corrected chi connectivity index (χ4v) is 4.46. The van der Waals surface area contributed by atoms with Gasteiger partial charge in [-0.25, -0.2) is 0 Å². The molecule has 0 saturated carbocycles. The zero-order valence-corrected chi connectivity index (χ0v) is 22.0. The summed E-state index contributed by atoms with van der Waals surface area (Å²) in [7, 11) is 1.53. The van der Waals surface area contributed by atoms with Gasteiger partial charge in [0.1, 0.15) is 23.0 Å². The van der Waals surface area contributed by atoms with Crippen molar-refractivity contribution in [3.8, 4) is 17.2 Å². The van der Waals surface area contributed by atoms with Gasteiger partial charge in [0, 0.05) is 19.2 Å². The maximum atomic E-state index is 13.3. The van der Waals surface area contributed by atoms with Crippen molar-refractivity contribution in [2.45, 2.75) is 32.7 Å². The van der Waals surface area contributed by atoms with E-state index in [1.54, 1.807) is 36.4 Å². The van der Waals surface area contributed by atoms with E-state index in [1.165, 1.54) is 12.0 Å². The molecular formula is C31H33NO6.